The Morgan fingerprint density at radius 3 is 2.58 bits per heavy atom. The van der Waals surface area contributed by atoms with E-state index in [9.17, 15) is 8.78 Å². The monoisotopic (exact) mass is 287 g/mol. The molecule has 1 saturated heterocycles. The van der Waals surface area contributed by atoms with Crippen LogP contribution in [0.4, 0.5) is 8.78 Å². The molecule has 1 aliphatic heterocycles. The Morgan fingerprint density at radius 1 is 1.37 bits per heavy atom. The van der Waals surface area contributed by atoms with E-state index in [1.807, 2.05) is 13.8 Å². The molecule has 0 amide bonds. The summed E-state index contributed by atoms with van der Waals surface area (Å²) in [5, 5.41) is 3.19. The van der Waals surface area contributed by atoms with Gasteiger partial charge in [0.2, 0.25) is 0 Å². The molecule has 0 saturated carbocycles. The lowest BCUT2D eigenvalue weighted by Crippen LogP contribution is -2.15. The van der Waals surface area contributed by atoms with Crippen molar-refractivity contribution in [1.82, 2.24) is 5.32 Å². The van der Waals surface area contributed by atoms with Gasteiger partial charge in [-0.1, -0.05) is 6.92 Å². The Balaban J connectivity index is 2.12. The van der Waals surface area contributed by atoms with Crippen molar-refractivity contribution >= 4 is 11.8 Å². The third-order valence-electron chi connectivity index (χ3n) is 3.21. The fourth-order valence-corrected chi connectivity index (χ4v) is 3.24. The van der Waals surface area contributed by atoms with Gasteiger partial charge in [0, 0.05) is 18.4 Å². The zero-order valence-corrected chi connectivity index (χ0v) is 12.0. The normalized spacial score (nSPS) is 22.9. The second-order valence-corrected chi connectivity index (χ2v) is 5.94. The SMILES string of the molecule is CCNCc1cc(F)c(SC2CCOC2C)c(F)c1. The van der Waals surface area contributed by atoms with Crippen LogP contribution in [0.1, 0.15) is 25.8 Å². The highest BCUT2D eigenvalue weighted by atomic mass is 32.2. The standard InChI is InChI=1S/C14H19F2NOS/c1-3-17-8-10-6-11(15)14(12(16)7-10)19-13-4-5-18-9(13)2/h6-7,9,13,17H,3-5,8H2,1-2H3. The molecule has 2 unspecified atom stereocenters. The molecule has 2 atom stereocenters. The van der Waals surface area contributed by atoms with E-state index in [1.54, 1.807) is 0 Å². The van der Waals surface area contributed by atoms with Gasteiger partial charge in [0.1, 0.15) is 11.6 Å². The van der Waals surface area contributed by atoms with Gasteiger partial charge in [0.05, 0.1) is 11.0 Å². The van der Waals surface area contributed by atoms with Crippen LogP contribution in [0.2, 0.25) is 0 Å². The largest absolute Gasteiger partial charge is 0.377 e. The highest BCUT2D eigenvalue weighted by molar-refractivity contribution is 8.00. The number of thioether (sulfide) groups is 1. The summed E-state index contributed by atoms with van der Waals surface area (Å²) >= 11 is 1.25. The Morgan fingerprint density at radius 2 is 2.05 bits per heavy atom. The van der Waals surface area contributed by atoms with Gasteiger partial charge in [0.15, 0.2) is 0 Å². The number of hydrogen-bond donors (Lipinski definition) is 1. The maximum atomic E-state index is 14.0. The molecule has 2 nitrogen and oxygen atoms in total. The van der Waals surface area contributed by atoms with Crippen LogP contribution in [-0.2, 0) is 11.3 Å². The first-order valence-corrected chi connectivity index (χ1v) is 7.46. The van der Waals surface area contributed by atoms with Crippen molar-refractivity contribution in [2.24, 2.45) is 0 Å². The van der Waals surface area contributed by atoms with Gasteiger partial charge in [-0.05, 0) is 37.6 Å². The summed E-state index contributed by atoms with van der Waals surface area (Å²) in [4.78, 5) is 0.114. The Bertz CT molecular complexity index is 418. The van der Waals surface area contributed by atoms with Crippen LogP contribution >= 0.6 is 11.8 Å². The predicted molar refractivity (Wildman–Crippen MR) is 73.4 cm³/mol. The molecule has 1 N–H and O–H groups in total. The van der Waals surface area contributed by atoms with Gasteiger partial charge in [0.25, 0.3) is 0 Å². The Kier molecular flexibility index (Phi) is 5.19. The van der Waals surface area contributed by atoms with E-state index in [0.717, 1.165) is 13.0 Å². The number of hydrogen-bond acceptors (Lipinski definition) is 3. The van der Waals surface area contributed by atoms with Gasteiger partial charge in [-0.2, -0.15) is 0 Å². The first-order chi connectivity index (χ1) is 9.11. The van der Waals surface area contributed by atoms with E-state index >= 15 is 0 Å². The quantitative estimate of drug-likeness (QED) is 0.897. The molecule has 2 rings (SSSR count). The lowest BCUT2D eigenvalue weighted by atomic mass is 10.2. The molecule has 0 spiro atoms. The molecule has 1 heterocycles. The van der Waals surface area contributed by atoms with E-state index in [2.05, 4.69) is 5.32 Å². The maximum absolute atomic E-state index is 14.0. The summed E-state index contributed by atoms with van der Waals surface area (Å²) in [7, 11) is 0. The van der Waals surface area contributed by atoms with Crippen molar-refractivity contribution in [3.63, 3.8) is 0 Å². The summed E-state index contributed by atoms with van der Waals surface area (Å²) in [5.41, 5.74) is 0.636. The van der Waals surface area contributed by atoms with Crippen LogP contribution in [0.15, 0.2) is 17.0 Å². The molecular formula is C14H19F2NOS. The molecule has 1 aromatic carbocycles. The summed E-state index contributed by atoms with van der Waals surface area (Å²) < 4.78 is 33.4. The number of benzene rings is 1. The van der Waals surface area contributed by atoms with Gasteiger partial charge < -0.3 is 10.1 Å². The van der Waals surface area contributed by atoms with Crippen molar-refractivity contribution < 1.29 is 13.5 Å². The minimum absolute atomic E-state index is 0.0465. The van der Waals surface area contributed by atoms with E-state index in [-0.39, 0.29) is 16.2 Å². The zero-order valence-electron chi connectivity index (χ0n) is 11.2. The van der Waals surface area contributed by atoms with E-state index in [0.29, 0.717) is 18.7 Å². The molecule has 1 aliphatic rings. The van der Waals surface area contributed by atoms with Crippen LogP contribution in [-0.4, -0.2) is 24.5 Å². The van der Waals surface area contributed by atoms with Crippen molar-refractivity contribution in [2.75, 3.05) is 13.2 Å². The van der Waals surface area contributed by atoms with Gasteiger partial charge in [-0.3, -0.25) is 0 Å². The third-order valence-corrected chi connectivity index (χ3v) is 4.76. The number of ether oxygens (including phenoxy) is 1. The van der Waals surface area contributed by atoms with E-state index < -0.39 is 11.6 Å². The zero-order chi connectivity index (χ0) is 13.8. The van der Waals surface area contributed by atoms with Gasteiger partial charge in [-0.25, -0.2) is 8.78 Å². The number of halogens is 2. The van der Waals surface area contributed by atoms with Crippen molar-refractivity contribution in [1.29, 1.82) is 0 Å². The summed E-state index contributed by atoms with van der Waals surface area (Å²) in [6.45, 7) is 5.83. The fraction of sp³-hybridized carbons (Fsp3) is 0.571. The molecule has 0 aromatic heterocycles. The molecule has 106 valence electrons. The van der Waals surface area contributed by atoms with E-state index in [1.165, 1.54) is 23.9 Å². The lowest BCUT2D eigenvalue weighted by Gasteiger charge is -2.15. The van der Waals surface area contributed by atoms with Crippen LogP contribution in [0, 0.1) is 11.6 Å². The van der Waals surface area contributed by atoms with Crippen LogP contribution in [0.25, 0.3) is 0 Å². The molecule has 1 aromatic rings. The Hall–Kier alpha value is -0.650. The topological polar surface area (TPSA) is 21.3 Å². The lowest BCUT2D eigenvalue weighted by molar-refractivity contribution is 0.127. The van der Waals surface area contributed by atoms with Crippen LogP contribution in [0.5, 0.6) is 0 Å². The van der Waals surface area contributed by atoms with Gasteiger partial charge in [-0.15, -0.1) is 11.8 Å². The molecule has 5 heteroatoms. The first-order valence-electron chi connectivity index (χ1n) is 6.58. The Labute approximate surface area is 116 Å². The second-order valence-electron chi connectivity index (χ2n) is 4.69. The highest BCUT2D eigenvalue weighted by Gasteiger charge is 2.27. The predicted octanol–water partition coefficient (Wildman–Crippen LogP) is 3.34. The minimum Gasteiger partial charge on any atom is -0.377 e. The third kappa shape index (κ3) is 3.68. The molecular weight excluding hydrogens is 268 g/mol. The number of nitrogens with one attached hydrogen (secondary N) is 1. The summed E-state index contributed by atoms with van der Waals surface area (Å²) in [6, 6.07) is 2.82. The average molecular weight is 287 g/mol. The fourth-order valence-electron chi connectivity index (χ4n) is 2.11. The second kappa shape index (κ2) is 6.68. The van der Waals surface area contributed by atoms with Crippen LogP contribution in [0.3, 0.4) is 0 Å². The average Bonchev–Trinajstić information content (AvgIpc) is 2.77. The van der Waals surface area contributed by atoms with Crippen molar-refractivity contribution in [2.45, 2.75) is 43.1 Å². The molecule has 0 radical (unpaired) electrons. The first kappa shape index (κ1) is 14.8. The van der Waals surface area contributed by atoms with E-state index in [4.69, 9.17) is 4.74 Å². The highest BCUT2D eigenvalue weighted by Crippen LogP contribution is 2.35. The molecule has 0 bridgehead atoms. The van der Waals surface area contributed by atoms with Crippen molar-refractivity contribution in [3.05, 3.63) is 29.3 Å². The summed E-state index contributed by atoms with van der Waals surface area (Å²) in [6.07, 6.45) is 0.884. The smallest absolute Gasteiger partial charge is 0.140 e. The van der Waals surface area contributed by atoms with Gasteiger partial charge >= 0.3 is 0 Å². The molecule has 19 heavy (non-hydrogen) atoms. The maximum Gasteiger partial charge on any atom is 0.140 e. The summed E-state index contributed by atoms with van der Waals surface area (Å²) in [5.74, 6) is -0.950. The minimum atomic E-state index is -0.475. The number of rotatable bonds is 5. The molecule has 0 aliphatic carbocycles. The van der Waals surface area contributed by atoms with Crippen molar-refractivity contribution in [3.8, 4) is 0 Å². The molecule has 1 fully saturated rings. The van der Waals surface area contributed by atoms with Crippen LogP contribution < -0.4 is 5.32 Å².